The van der Waals surface area contributed by atoms with E-state index in [1.807, 2.05) is 19.1 Å². The number of nitrogens with zero attached hydrogens (tertiary/aromatic N) is 2. The molecule has 2 heterocycles. The molecule has 25 heavy (non-hydrogen) atoms. The van der Waals surface area contributed by atoms with Crippen molar-refractivity contribution in [1.82, 2.24) is 9.38 Å². The topological polar surface area (TPSA) is 98.9 Å². The van der Waals surface area contributed by atoms with Crippen molar-refractivity contribution < 1.29 is 16.4 Å². The van der Waals surface area contributed by atoms with Crippen molar-refractivity contribution in [2.24, 2.45) is 0 Å². The Bertz CT molecular complexity index is 984. The van der Waals surface area contributed by atoms with E-state index in [0.717, 1.165) is 11.1 Å². The lowest BCUT2D eigenvalue weighted by Crippen LogP contribution is -2.12. The summed E-state index contributed by atoms with van der Waals surface area (Å²) in [5, 5.41) is 24.9. The molecule has 0 aliphatic carbocycles. The molecule has 7 nitrogen and oxygen atoms in total. The van der Waals surface area contributed by atoms with E-state index >= 15 is 0 Å². The summed E-state index contributed by atoms with van der Waals surface area (Å²) >= 11 is 0. The summed E-state index contributed by atoms with van der Waals surface area (Å²) in [5.41, 5.74) is 4.63. The minimum atomic E-state index is -1.12. The molecule has 4 N–H and O–H groups in total. The first-order valence-corrected chi connectivity index (χ1v) is 7.73. The number of fused-ring (bicyclic) bond motifs is 1. The third-order valence-electron chi connectivity index (χ3n) is 4.10. The van der Waals surface area contributed by atoms with Crippen LogP contribution in [0.1, 0.15) is 23.9 Å². The summed E-state index contributed by atoms with van der Waals surface area (Å²) in [7, 11) is 0. The molecule has 0 aliphatic rings. The summed E-state index contributed by atoms with van der Waals surface area (Å²) in [6, 6.07) is 8.99. The molecule has 0 radical (unpaired) electrons. The quantitative estimate of drug-likeness (QED) is 0.580. The Morgan fingerprint density at radius 3 is 2.80 bits per heavy atom. The molecule has 3 rings (SSSR count). The number of pyridine rings is 1. The molecule has 0 fully saturated rings. The molecule has 1 amide bonds. The predicted molar refractivity (Wildman–Crippen MR) is 96.5 cm³/mol. The zero-order valence-electron chi connectivity index (χ0n) is 15.0. The van der Waals surface area contributed by atoms with Gasteiger partial charge in [0.25, 0.3) is 0 Å². The third kappa shape index (κ3) is 3.08. The largest absolute Gasteiger partial charge is 0.493 e. The van der Waals surface area contributed by atoms with Gasteiger partial charge >= 0.3 is 6.09 Å². The van der Waals surface area contributed by atoms with Gasteiger partial charge in [0.2, 0.25) is 5.88 Å². The lowest BCUT2D eigenvalue weighted by molar-refractivity contribution is 0.209. The number of carbonyl (C=O) groups is 1. The van der Waals surface area contributed by atoms with Gasteiger partial charge in [0.05, 0.1) is 5.69 Å². The monoisotopic (exact) mass is 341 g/mol. The third-order valence-corrected chi connectivity index (χ3v) is 4.10. The number of anilines is 2. The summed E-state index contributed by atoms with van der Waals surface area (Å²) < 4.78 is 9.17. The Morgan fingerprint density at radius 2 is 2.08 bits per heavy atom. The molecule has 0 unspecified atom stereocenters. The van der Waals surface area contributed by atoms with Crippen molar-refractivity contribution in [3.05, 3.63) is 52.8 Å². The highest BCUT2D eigenvalue weighted by molar-refractivity contribution is 5.84. The maximum atomic E-state index is 11.0. The zero-order chi connectivity index (χ0) is 18.8. The van der Waals surface area contributed by atoms with Gasteiger partial charge in [0.1, 0.15) is 5.69 Å². The van der Waals surface area contributed by atoms with E-state index in [2.05, 4.69) is 15.6 Å². The van der Waals surface area contributed by atoms with Gasteiger partial charge in [-0.15, -0.1) is 0 Å². The first-order chi connectivity index (χ1) is 12.4. The zero-order valence-corrected chi connectivity index (χ0v) is 14.0. The SMILES string of the molecule is [2H]Cc1ccc(NCc2c(C)cccc2NC(=O)O)c2nc(C)c(O)n12. The Kier molecular flexibility index (Phi) is 3.89. The fourth-order valence-electron chi connectivity index (χ4n) is 2.79. The van der Waals surface area contributed by atoms with Crippen LogP contribution in [0, 0.1) is 20.7 Å². The number of aromatic nitrogens is 2. The maximum Gasteiger partial charge on any atom is 0.409 e. The molecule has 130 valence electrons. The molecular formula is C18H20N4O3. The maximum absolute atomic E-state index is 11.0. The Balaban J connectivity index is 1.97. The molecule has 1 aromatic carbocycles. The number of aryl methyl sites for hydroxylation is 3. The second-order valence-corrected chi connectivity index (χ2v) is 5.80. The van der Waals surface area contributed by atoms with Gasteiger partial charge in [-0.1, -0.05) is 12.1 Å². The number of nitrogens with one attached hydrogen (secondary N) is 2. The van der Waals surface area contributed by atoms with Crippen LogP contribution in [0.3, 0.4) is 0 Å². The van der Waals surface area contributed by atoms with E-state index in [1.165, 1.54) is 0 Å². The van der Waals surface area contributed by atoms with E-state index < -0.39 is 6.09 Å². The minimum absolute atomic E-state index is 0.0185. The smallest absolute Gasteiger partial charge is 0.409 e. The van der Waals surface area contributed by atoms with Crippen LogP contribution >= 0.6 is 0 Å². The molecule has 0 atom stereocenters. The molecule has 7 heteroatoms. The number of carboxylic acid groups (broad SMARTS) is 1. The number of benzene rings is 1. The van der Waals surface area contributed by atoms with E-state index in [1.54, 1.807) is 29.5 Å². The Labute approximate surface area is 146 Å². The normalized spacial score (nSPS) is 11.4. The average molecular weight is 341 g/mol. The predicted octanol–water partition coefficient (Wildman–Crippen LogP) is 3.67. The molecule has 3 aromatic rings. The van der Waals surface area contributed by atoms with Gasteiger partial charge in [-0.05, 0) is 50.1 Å². The van der Waals surface area contributed by atoms with Gasteiger partial charge in [-0.3, -0.25) is 9.72 Å². The van der Waals surface area contributed by atoms with Crippen LogP contribution in [0.5, 0.6) is 5.88 Å². The molecular weight excluding hydrogens is 320 g/mol. The van der Waals surface area contributed by atoms with Gasteiger partial charge in [0, 0.05) is 19.3 Å². The molecule has 0 aliphatic heterocycles. The van der Waals surface area contributed by atoms with E-state index in [9.17, 15) is 9.90 Å². The summed E-state index contributed by atoms with van der Waals surface area (Å²) in [5.74, 6) is 0.0232. The second-order valence-electron chi connectivity index (χ2n) is 5.80. The number of amides is 1. The molecule has 0 saturated carbocycles. The number of rotatable bonds is 4. The van der Waals surface area contributed by atoms with Crippen LogP contribution in [-0.2, 0) is 6.54 Å². The minimum Gasteiger partial charge on any atom is -0.493 e. The number of hydrogen-bond donors (Lipinski definition) is 4. The Morgan fingerprint density at radius 1 is 1.28 bits per heavy atom. The number of imidazole rings is 1. The van der Waals surface area contributed by atoms with Gasteiger partial charge in [-0.25, -0.2) is 9.78 Å². The van der Waals surface area contributed by atoms with Crippen molar-refractivity contribution >= 4 is 23.1 Å². The van der Waals surface area contributed by atoms with Gasteiger partial charge < -0.3 is 15.5 Å². The average Bonchev–Trinajstić information content (AvgIpc) is 2.89. The summed E-state index contributed by atoms with van der Waals surface area (Å²) in [6.07, 6.45) is -1.12. The first kappa shape index (κ1) is 15.3. The van der Waals surface area contributed by atoms with Gasteiger partial charge in [0.15, 0.2) is 5.65 Å². The number of hydrogen-bond acceptors (Lipinski definition) is 4. The van der Waals surface area contributed by atoms with Crippen LogP contribution < -0.4 is 10.6 Å². The second kappa shape index (κ2) is 6.35. The van der Waals surface area contributed by atoms with E-state index in [0.29, 0.717) is 35.0 Å². The summed E-state index contributed by atoms with van der Waals surface area (Å²) in [4.78, 5) is 15.4. The van der Waals surface area contributed by atoms with Crippen LogP contribution in [0.2, 0.25) is 0 Å². The Hall–Kier alpha value is -3.22. The molecule has 2 aromatic heterocycles. The fourth-order valence-corrected chi connectivity index (χ4v) is 2.79. The molecule has 0 saturated heterocycles. The summed E-state index contributed by atoms with van der Waals surface area (Å²) in [6.45, 7) is 4.01. The highest BCUT2D eigenvalue weighted by Gasteiger charge is 2.14. The van der Waals surface area contributed by atoms with Crippen molar-refractivity contribution in [3.63, 3.8) is 0 Å². The van der Waals surface area contributed by atoms with E-state index in [-0.39, 0.29) is 12.8 Å². The fraction of sp³-hybridized carbons (Fsp3) is 0.222. The van der Waals surface area contributed by atoms with Crippen molar-refractivity contribution in [2.75, 3.05) is 10.6 Å². The van der Waals surface area contributed by atoms with E-state index in [4.69, 9.17) is 6.48 Å². The highest BCUT2D eigenvalue weighted by atomic mass is 16.4. The van der Waals surface area contributed by atoms with Crippen LogP contribution in [-0.4, -0.2) is 25.7 Å². The van der Waals surface area contributed by atoms with Gasteiger partial charge in [-0.2, -0.15) is 0 Å². The molecule has 0 bridgehead atoms. The number of aromatic hydroxyl groups is 1. The van der Waals surface area contributed by atoms with Crippen LogP contribution in [0.15, 0.2) is 30.3 Å². The first-order valence-electron chi connectivity index (χ1n) is 8.44. The molecule has 0 spiro atoms. The highest BCUT2D eigenvalue weighted by Crippen LogP contribution is 2.27. The van der Waals surface area contributed by atoms with Crippen LogP contribution in [0.25, 0.3) is 5.65 Å². The lowest BCUT2D eigenvalue weighted by Gasteiger charge is -2.15. The van der Waals surface area contributed by atoms with Crippen LogP contribution in [0.4, 0.5) is 16.2 Å². The van der Waals surface area contributed by atoms with Crippen molar-refractivity contribution in [3.8, 4) is 5.88 Å². The standard InChI is InChI=1S/C18H20N4O3/c1-10-5-4-6-14(21-18(24)25)13(10)9-19-15-8-7-11(2)22-16(15)20-12(3)17(22)23/h4-8,19,21,23H,9H2,1-3H3,(H,24,25)/i2D. The van der Waals surface area contributed by atoms with Crippen molar-refractivity contribution in [1.29, 1.82) is 0 Å². The van der Waals surface area contributed by atoms with Crippen molar-refractivity contribution in [2.45, 2.75) is 27.3 Å². The lowest BCUT2D eigenvalue weighted by atomic mass is 10.1.